The van der Waals surface area contributed by atoms with Crippen molar-refractivity contribution < 1.29 is 8.78 Å². The third kappa shape index (κ3) is 3.64. The van der Waals surface area contributed by atoms with E-state index in [1.165, 1.54) is 24.3 Å². The van der Waals surface area contributed by atoms with Gasteiger partial charge in [-0.2, -0.15) is 5.10 Å². The van der Waals surface area contributed by atoms with E-state index >= 15 is 0 Å². The lowest BCUT2D eigenvalue weighted by molar-refractivity contribution is 0.626. The molecule has 1 unspecified atom stereocenters. The average molecular weight is 412 g/mol. The van der Waals surface area contributed by atoms with Crippen LogP contribution in [-0.2, 0) is 0 Å². The number of hydrogen-bond acceptors (Lipinski definition) is 2. The fraction of sp³-hybridized carbons (Fsp3) is 0.0400. The Kier molecular flexibility index (Phi) is 4.88. The van der Waals surface area contributed by atoms with Gasteiger partial charge in [0.2, 0.25) is 0 Å². The number of benzene rings is 3. The maximum absolute atomic E-state index is 13.7. The van der Waals surface area contributed by atoms with Crippen LogP contribution in [-0.4, -0.2) is 19.3 Å². The van der Waals surface area contributed by atoms with Gasteiger partial charge in [-0.15, -0.1) is 0 Å². The number of hydrogen-bond donors (Lipinski definition) is 0. The van der Waals surface area contributed by atoms with Crippen molar-refractivity contribution in [2.24, 2.45) is 0 Å². The van der Waals surface area contributed by atoms with E-state index in [2.05, 4.69) is 10.1 Å². The molecule has 0 N–H and O–H groups in total. The van der Waals surface area contributed by atoms with Gasteiger partial charge in [-0.1, -0.05) is 30.3 Å². The summed E-state index contributed by atoms with van der Waals surface area (Å²) in [6.45, 7) is 0. The number of rotatable bonds is 5. The summed E-state index contributed by atoms with van der Waals surface area (Å²) in [5.74, 6) is -0.632. The molecular formula is C25H18F2N4. The smallest absolute Gasteiger partial charge is 0.123 e. The van der Waals surface area contributed by atoms with E-state index in [4.69, 9.17) is 0 Å². The van der Waals surface area contributed by atoms with E-state index in [0.717, 1.165) is 22.4 Å². The van der Waals surface area contributed by atoms with Crippen molar-refractivity contribution in [3.8, 4) is 16.9 Å². The first-order chi connectivity index (χ1) is 15.2. The molecule has 1 atom stereocenters. The minimum atomic E-state index is -0.319. The molecule has 6 heteroatoms. The van der Waals surface area contributed by atoms with Crippen LogP contribution in [0.2, 0.25) is 0 Å². The summed E-state index contributed by atoms with van der Waals surface area (Å²) < 4.78 is 31.0. The zero-order chi connectivity index (χ0) is 21.2. The zero-order valence-corrected chi connectivity index (χ0v) is 16.4. The van der Waals surface area contributed by atoms with Crippen molar-refractivity contribution >= 4 is 0 Å². The van der Waals surface area contributed by atoms with Crippen LogP contribution in [0.15, 0.2) is 104 Å². The monoisotopic (exact) mass is 412 g/mol. The topological polar surface area (TPSA) is 35.6 Å². The quantitative estimate of drug-likeness (QED) is 0.374. The summed E-state index contributed by atoms with van der Waals surface area (Å²) in [5.41, 5.74) is 4.29. The highest BCUT2D eigenvalue weighted by Gasteiger charge is 2.24. The van der Waals surface area contributed by atoms with Crippen LogP contribution in [0.5, 0.6) is 0 Å². The fourth-order valence-corrected chi connectivity index (χ4v) is 3.81. The average Bonchev–Trinajstić information content (AvgIpc) is 3.47. The van der Waals surface area contributed by atoms with E-state index in [1.54, 1.807) is 47.7 Å². The molecule has 2 aromatic heterocycles. The lowest BCUT2D eigenvalue weighted by Gasteiger charge is -2.20. The zero-order valence-electron chi connectivity index (χ0n) is 16.4. The van der Waals surface area contributed by atoms with Crippen molar-refractivity contribution in [3.05, 3.63) is 127 Å². The second-order valence-electron chi connectivity index (χ2n) is 7.17. The molecule has 5 rings (SSSR count). The standard InChI is InChI=1S/C25H18F2N4/c26-20-8-6-19(7-9-20)25-23(16-29-31(25)22-12-10-21(27)11-13-22)24(30-15-14-28-17-30)18-4-2-1-3-5-18/h1-17,24H. The Balaban J connectivity index is 1.76. The Hall–Kier alpha value is -4.06. The van der Waals surface area contributed by atoms with Crippen LogP contribution in [0, 0.1) is 11.6 Å². The fourth-order valence-electron chi connectivity index (χ4n) is 3.81. The number of halogens is 2. The molecule has 0 aliphatic rings. The Labute approximate surface area is 178 Å². The lowest BCUT2D eigenvalue weighted by atomic mass is 9.96. The van der Waals surface area contributed by atoms with Crippen LogP contribution >= 0.6 is 0 Å². The normalized spacial score (nSPS) is 12.1. The molecule has 0 aliphatic carbocycles. The molecule has 2 heterocycles. The molecule has 0 radical (unpaired) electrons. The van der Waals surface area contributed by atoms with Gasteiger partial charge < -0.3 is 4.57 Å². The lowest BCUT2D eigenvalue weighted by Crippen LogP contribution is -2.12. The molecule has 0 saturated heterocycles. The van der Waals surface area contributed by atoms with Gasteiger partial charge in [-0.3, -0.25) is 0 Å². The van der Waals surface area contributed by atoms with Gasteiger partial charge in [-0.05, 0) is 54.1 Å². The summed E-state index contributed by atoms with van der Waals surface area (Å²) in [6.07, 6.45) is 7.21. The van der Waals surface area contributed by atoms with Gasteiger partial charge in [-0.25, -0.2) is 18.4 Å². The van der Waals surface area contributed by atoms with Crippen molar-refractivity contribution in [2.75, 3.05) is 0 Å². The highest BCUT2D eigenvalue weighted by molar-refractivity contribution is 5.67. The summed E-state index contributed by atoms with van der Waals surface area (Å²) >= 11 is 0. The van der Waals surface area contributed by atoms with E-state index in [1.807, 2.05) is 41.1 Å². The maximum atomic E-state index is 13.7. The third-order valence-electron chi connectivity index (χ3n) is 5.22. The Bertz CT molecular complexity index is 1280. The Morgan fingerprint density at radius 1 is 0.774 bits per heavy atom. The third-order valence-corrected chi connectivity index (χ3v) is 5.22. The van der Waals surface area contributed by atoms with Crippen molar-refractivity contribution in [2.45, 2.75) is 6.04 Å². The SMILES string of the molecule is Fc1ccc(-c2c(C(c3ccccc3)n3ccnc3)cnn2-c2ccc(F)cc2)cc1. The highest BCUT2D eigenvalue weighted by Crippen LogP contribution is 2.36. The van der Waals surface area contributed by atoms with Gasteiger partial charge in [0, 0.05) is 23.5 Å². The first-order valence-corrected chi connectivity index (χ1v) is 9.83. The Morgan fingerprint density at radius 3 is 2.10 bits per heavy atom. The van der Waals surface area contributed by atoms with Crippen LogP contribution in [0.4, 0.5) is 8.78 Å². The molecule has 3 aromatic carbocycles. The maximum Gasteiger partial charge on any atom is 0.123 e. The van der Waals surface area contributed by atoms with Gasteiger partial charge in [0.15, 0.2) is 0 Å². The van der Waals surface area contributed by atoms with Gasteiger partial charge in [0.1, 0.15) is 11.6 Å². The summed E-state index contributed by atoms with van der Waals surface area (Å²) in [4.78, 5) is 4.23. The van der Waals surface area contributed by atoms with Crippen molar-refractivity contribution in [3.63, 3.8) is 0 Å². The van der Waals surface area contributed by atoms with Crippen molar-refractivity contribution in [1.82, 2.24) is 19.3 Å². The van der Waals surface area contributed by atoms with Crippen LogP contribution in [0.1, 0.15) is 17.2 Å². The highest BCUT2D eigenvalue weighted by atomic mass is 19.1. The van der Waals surface area contributed by atoms with E-state index in [9.17, 15) is 8.78 Å². The molecule has 31 heavy (non-hydrogen) atoms. The minimum absolute atomic E-state index is 0.196. The molecular weight excluding hydrogens is 394 g/mol. The van der Waals surface area contributed by atoms with E-state index in [-0.39, 0.29) is 17.7 Å². The second kappa shape index (κ2) is 7.99. The first-order valence-electron chi connectivity index (χ1n) is 9.83. The van der Waals surface area contributed by atoms with Gasteiger partial charge in [0.05, 0.1) is 29.9 Å². The van der Waals surface area contributed by atoms with Crippen LogP contribution < -0.4 is 0 Å². The number of imidazole rings is 1. The van der Waals surface area contributed by atoms with Crippen molar-refractivity contribution in [1.29, 1.82) is 0 Å². The number of aromatic nitrogens is 4. The largest absolute Gasteiger partial charge is 0.326 e. The second-order valence-corrected chi connectivity index (χ2v) is 7.17. The molecule has 152 valence electrons. The summed E-state index contributed by atoms with van der Waals surface area (Å²) in [6, 6.07) is 22.3. The minimum Gasteiger partial charge on any atom is -0.326 e. The van der Waals surface area contributed by atoms with Gasteiger partial charge >= 0.3 is 0 Å². The predicted molar refractivity (Wildman–Crippen MR) is 115 cm³/mol. The molecule has 5 aromatic rings. The molecule has 0 aliphatic heterocycles. The van der Waals surface area contributed by atoms with Gasteiger partial charge in [0.25, 0.3) is 0 Å². The van der Waals surface area contributed by atoms with E-state index < -0.39 is 0 Å². The number of nitrogens with zero attached hydrogens (tertiary/aromatic N) is 4. The molecule has 0 bridgehead atoms. The first kappa shape index (κ1) is 18.9. The predicted octanol–water partition coefficient (Wildman–Crippen LogP) is 5.65. The van der Waals surface area contributed by atoms with E-state index in [0.29, 0.717) is 5.69 Å². The Morgan fingerprint density at radius 2 is 1.45 bits per heavy atom. The summed E-state index contributed by atoms with van der Waals surface area (Å²) in [5, 5.41) is 4.64. The molecule has 0 amide bonds. The molecule has 0 fully saturated rings. The molecule has 4 nitrogen and oxygen atoms in total. The van der Waals surface area contributed by atoms with Crippen LogP contribution in [0.3, 0.4) is 0 Å². The molecule has 0 spiro atoms. The van der Waals surface area contributed by atoms with Crippen LogP contribution in [0.25, 0.3) is 16.9 Å². The molecule has 0 saturated carbocycles. The summed E-state index contributed by atoms with van der Waals surface area (Å²) in [7, 11) is 0.